The maximum atomic E-state index is 12.6. The number of anilines is 1. The van der Waals surface area contributed by atoms with Gasteiger partial charge in [0, 0.05) is 28.6 Å². The molecule has 0 saturated carbocycles. The van der Waals surface area contributed by atoms with E-state index in [1.807, 2.05) is 23.5 Å². The van der Waals surface area contributed by atoms with Gasteiger partial charge in [-0.15, -0.1) is 11.3 Å². The molecule has 1 aromatic carbocycles. The Labute approximate surface area is 170 Å². The number of fused-ring (bicyclic) bond motifs is 1. The normalized spacial score (nSPS) is 17.9. The summed E-state index contributed by atoms with van der Waals surface area (Å²) in [5.41, 5.74) is 4.57. The lowest BCUT2D eigenvalue weighted by atomic mass is 9.93. The Balaban J connectivity index is 1.28. The summed E-state index contributed by atoms with van der Waals surface area (Å²) < 4.78 is 0. The molecule has 0 unspecified atom stereocenters. The van der Waals surface area contributed by atoms with Gasteiger partial charge in [0.25, 0.3) is 0 Å². The monoisotopic (exact) mass is 396 g/mol. The first-order valence-electron chi connectivity index (χ1n) is 10.3. The van der Waals surface area contributed by atoms with Crippen molar-refractivity contribution in [2.24, 2.45) is 5.92 Å². The van der Waals surface area contributed by atoms with Crippen LogP contribution in [0.3, 0.4) is 0 Å². The molecule has 1 aromatic heterocycles. The number of Topliss-reactive ketones (excluding diaryl/α,β-unsaturated/α-hetero) is 1. The van der Waals surface area contributed by atoms with E-state index in [1.54, 1.807) is 29.5 Å². The minimum absolute atomic E-state index is 0.0390. The van der Waals surface area contributed by atoms with Crippen LogP contribution >= 0.6 is 11.3 Å². The van der Waals surface area contributed by atoms with Crippen LogP contribution in [0.2, 0.25) is 0 Å². The van der Waals surface area contributed by atoms with E-state index >= 15 is 0 Å². The second-order valence-corrected chi connectivity index (χ2v) is 9.01. The van der Waals surface area contributed by atoms with Crippen molar-refractivity contribution < 1.29 is 9.59 Å². The number of nitrogens with one attached hydrogen (secondary N) is 1. The molecule has 1 aliphatic carbocycles. The van der Waals surface area contributed by atoms with Crippen LogP contribution in [-0.4, -0.2) is 29.7 Å². The number of hydrogen-bond donors (Lipinski definition) is 1. The number of amides is 1. The third kappa shape index (κ3) is 4.36. The fraction of sp³-hybridized carbons (Fsp3) is 0.478. The van der Waals surface area contributed by atoms with Crippen molar-refractivity contribution in [1.82, 2.24) is 4.90 Å². The first-order valence-corrected chi connectivity index (χ1v) is 11.2. The van der Waals surface area contributed by atoms with Crippen molar-refractivity contribution in [3.8, 4) is 0 Å². The minimum Gasteiger partial charge on any atom is -0.326 e. The number of carbonyl (C=O) groups is 2. The molecule has 2 aliphatic rings. The average Bonchev–Trinajstić information content (AvgIpc) is 3.12. The Bertz CT molecular complexity index is 848. The van der Waals surface area contributed by atoms with Crippen molar-refractivity contribution in [3.05, 3.63) is 51.2 Å². The number of hydrogen-bond acceptors (Lipinski definition) is 4. The number of piperidine rings is 1. The number of benzene rings is 1. The number of nitrogens with zero attached hydrogens (tertiary/aromatic N) is 1. The van der Waals surface area contributed by atoms with Crippen molar-refractivity contribution in [2.45, 2.75) is 52.0 Å². The summed E-state index contributed by atoms with van der Waals surface area (Å²) in [6, 6.07) is 7.15. The molecule has 0 bridgehead atoms. The topological polar surface area (TPSA) is 49.4 Å². The van der Waals surface area contributed by atoms with Gasteiger partial charge in [0.15, 0.2) is 5.78 Å². The molecule has 4 nitrogen and oxygen atoms in total. The van der Waals surface area contributed by atoms with Gasteiger partial charge in [-0.05, 0) is 99.3 Å². The van der Waals surface area contributed by atoms with Crippen LogP contribution in [0.15, 0.2) is 29.6 Å². The van der Waals surface area contributed by atoms with Gasteiger partial charge in [0.2, 0.25) is 5.91 Å². The maximum Gasteiger partial charge on any atom is 0.227 e. The summed E-state index contributed by atoms with van der Waals surface area (Å²) in [6.07, 6.45) is 6.98. The minimum atomic E-state index is 0.0390. The molecular weight excluding hydrogens is 368 g/mol. The lowest BCUT2D eigenvalue weighted by Crippen LogP contribution is -2.37. The van der Waals surface area contributed by atoms with E-state index in [0.717, 1.165) is 38.2 Å². The highest BCUT2D eigenvalue weighted by atomic mass is 32.1. The molecule has 4 rings (SSSR count). The van der Waals surface area contributed by atoms with Crippen LogP contribution in [0.4, 0.5) is 5.69 Å². The zero-order valence-electron chi connectivity index (χ0n) is 16.5. The summed E-state index contributed by atoms with van der Waals surface area (Å²) in [7, 11) is 0. The van der Waals surface area contributed by atoms with Gasteiger partial charge >= 0.3 is 0 Å². The third-order valence-electron chi connectivity index (χ3n) is 6.06. The molecule has 1 fully saturated rings. The van der Waals surface area contributed by atoms with E-state index < -0.39 is 0 Å². The number of aryl methyl sites for hydroxylation is 1. The summed E-state index contributed by atoms with van der Waals surface area (Å²) in [5, 5.41) is 5.37. The predicted molar refractivity (Wildman–Crippen MR) is 114 cm³/mol. The standard InChI is InChI=1S/C23H28N2O2S/c1-16(26)17-6-8-20(9-7-17)24-23(27)18-10-12-25(13-11-18)14-19-15-28-22-5-3-2-4-21(19)22/h6-9,15,18H,2-5,10-14H2,1H3,(H,24,27). The van der Waals surface area contributed by atoms with Crippen LogP contribution in [0.1, 0.15) is 59.0 Å². The Morgan fingerprint density at radius 3 is 2.54 bits per heavy atom. The molecule has 2 aromatic rings. The number of ketones is 1. The Morgan fingerprint density at radius 2 is 1.82 bits per heavy atom. The molecule has 1 aliphatic heterocycles. The smallest absolute Gasteiger partial charge is 0.227 e. The average molecular weight is 397 g/mol. The van der Waals surface area contributed by atoms with Crippen LogP contribution in [0.25, 0.3) is 0 Å². The highest BCUT2D eigenvalue weighted by Crippen LogP contribution is 2.31. The van der Waals surface area contributed by atoms with E-state index in [2.05, 4.69) is 15.6 Å². The van der Waals surface area contributed by atoms with E-state index in [-0.39, 0.29) is 17.6 Å². The second kappa shape index (κ2) is 8.58. The van der Waals surface area contributed by atoms with Crippen LogP contribution < -0.4 is 5.32 Å². The fourth-order valence-electron chi connectivity index (χ4n) is 4.32. The number of thiophene rings is 1. The van der Waals surface area contributed by atoms with Crippen molar-refractivity contribution >= 4 is 28.7 Å². The lowest BCUT2D eigenvalue weighted by molar-refractivity contribution is -0.121. The van der Waals surface area contributed by atoms with E-state index in [1.165, 1.54) is 31.2 Å². The highest BCUT2D eigenvalue weighted by Gasteiger charge is 2.26. The predicted octanol–water partition coefficient (Wildman–Crippen LogP) is 4.68. The zero-order valence-corrected chi connectivity index (χ0v) is 17.3. The van der Waals surface area contributed by atoms with Gasteiger partial charge < -0.3 is 5.32 Å². The van der Waals surface area contributed by atoms with E-state index in [4.69, 9.17) is 0 Å². The molecular formula is C23H28N2O2S. The Hall–Kier alpha value is -1.98. The summed E-state index contributed by atoms with van der Waals surface area (Å²) in [6.45, 7) is 4.54. The molecule has 0 spiro atoms. The van der Waals surface area contributed by atoms with Gasteiger partial charge in [-0.3, -0.25) is 14.5 Å². The fourth-order valence-corrected chi connectivity index (χ4v) is 5.46. The molecule has 1 amide bonds. The van der Waals surface area contributed by atoms with Crippen LogP contribution in [0.5, 0.6) is 0 Å². The molecule has 2 heterocycles. The number of rotatable bonds is 5. The van der Waals surface area contributed by atoms with Crippen LogP contribution in [-0.2, 0) is 24.2 Å². The van der Waals surface area contributed by atoms with Crippen molar-refractivity contribution in [2.75, 3.05) is 18.4 Å². The van der Waals surface area contributed by atoms with E-state index in [9.17, 15) is 9.59 Å². The molecule has 0 atom stereocenters. The largest absolute Gasteiger partial charge is 0.326 e. The summed E-state index contributed by atoms with van der Waals surface area (Å²) in [4.78, 5) is 28.1. The number of likely N-dealkylation sites (tertiary alicyclic amines) is 1. The summed E-state index contributed by atoms with van der Waals surface area (Å²) in [5.74, 6) is 0.209. The van der Waals surface area contributed by atoms with Gasteiger partial charge in [0.05, 0.1) is 0 Å². The second-order valence-electron chi connectivity index (χ2n) is 8.04. The quantitative estimate of drug-likeness (QED) is 0.747. The van der Waals surface area contributed by atoms with E-state index in [0.29, 0.717) is 5.56 Å². The highest BCUT2D eigenvalue weighted by molar-refractivity contribution is 7.10. The molecule has 1 N–H and O–H groups in total. The van der Waals surface area contributed by atoms with Crippen molar-refractivity contribution in [1.29, 1.82) is 0 Å². The van der Waals surface area contributed by atoms with Gasteiger partial charge in [-0.25, -0.2) is 0 Å². The zero-order chi connectivity index (χ0) is 19.5. The van der Waals surface area contributed by atoms with Gasteiger partial charge in [-0.1, -0.05) is 0 Å². The molecule has 5 heteroatoms. The Morgan fingerprint density at radius 1 is 1.11 bits per heavy atom. The first-order chi connectivity index (χ1) is 13.6. The molecule has 1 saturated heterocycles. The van der Waals surface area contributed by atoms with Crippen molar-refractivity contribution in [3.63, 3.8) is 0 Å². The first kappa shape index (κ1) is 19.3. The molecule has 148 valence electrons. The van der Waals surface area contributed by atoms with Crippen LogP contribution in [0, 0.1) is 5.92 Å². The SMILES string of the molecule is CC(=O)c1ccc(NC(=O)C2CCN(Cc3csc4c3CCCC4)CC2)cc1. The number of carbonyl (C=O) groups excluding carboxylic acids is 2. The Kier molecular flexibility index (Phi) is 5.93. The third-order valence-corrected chi connectivity index (χ3v) is 7.20. The summed E-state index contributed by atoms with van der Waals surface area (Å²) >= 11 is 1.94. The lowest BCUT2D eigenvalue weighted by Gasteiger charge is -2.31. The maximum absolute atomic E-state index is 12.6. The molecule has 28 heavy (non-hydrogen) atoms. The van der Waals surface area contributed by atoms with Gasteiger partial charge in [0.1, 0.15) is 0 Å². The van der Waals surface area contributed by atoms with Gasteiger partial charge in [-0.2, -0.15) is 0 Å². The molecule has 0 radical (unpaired) electrons.